The third-order valence-electron chi connectivity index (χ3n) is 6.05. The van der Waals surface area contributed by atoms with E-state index in [-0.39, 0.29) is 36.8 Å². The molecule has 0 saturated carbocycles. The topological polar surface area (TPSA) is 49.9 Å². The van der Waals surface area contributed by atoms with Gasteiger partial charge in [-0.05, 0) is 61.0 Å². The lowest BCUT2D eigenvalue weighted by molar-refractivity contribution is -0.135. The molecule has 2 aromatic carbocycles. The number of benzene rings is 2. The molecule has 1 aliphatic rings. The molecule has 1 atom stereocenters. The molecular weight excluding hydrogens is 451 g/mol. The maximum Gasteiger partial charge on any atom is 0.254 e. The number of fused-ring (bicyclic) bond motifs is 1. The standard InChI is InChI=1S/C27H29FN2O3S/c1-3-14-29(27(32)20-10-8-19(2)9-11-20)17-26(31)30-15-12-25-21(13-16-34-25)23(30)18-33-24-7-5-4-6-22(24)28/h4-11,13,16,23H,3,12,14-15,17-18H2,1-2H3/t23-/m0/s1. The van der Waals surface area contributed by atoms with Gasteiger partial charge in [-0.15, -0.1) is 11.3 Å². The molecule has 3 aromatic rings. The van der Waals surface area contributed by atoms with Crippen molar-refractivity contribution in [3.63, 3.8) is 0 Å². The van der Waals surface area contributed by atoms with Gasteiger partial charge in [-0.1, -0.05) is 36.8 Å². The summed E-state index contributed by atoms with van der Waals surface area (Å²) in [7, 11) is 0. The van der Waals surface area contributed by atoms with Crippen molar-refractivity contribution in [3.8, 4) is 5.75 Å². The van der Waals surface area contributed by atoms with Crippen LogP contribution in [-0.2, 0) is 11.2 Å². The third kappa shape index (κ3) is 5.30. The summed E-state index contributed by atoms with van der Waals surface area (Å²) in [5.74, 6) is -0.547. The largest absolute Gasteiger partial charge is 0.488 e. The molecule has 0 aliphatic carbocycles. The van der Waals surface area contributed by atoms with Crippen LogP contribution in [0.2, 0.25) is 0 Å². The van der Waals surface area contributed by atoms with Gasteiger partial charge in [0.25, 0.3) is 5.91 Å². The predicted octanol–water partition coefficient (Wildman–Crippen LogP) is 5.25. The average molecular weight is 481 g/mol. The van der Waals surface area contributed by atoms with Crippen LogP contribution < -0.4 is 4.74 Å². The number of para-hydroxylation sites is 1. The number of carbonyl (C=O) groups is 2. The fourth-order valence-electron chi connectivity index (χ4n) is 4.26. The van der Waals surface area contributed by atoms with Gasteiger partial charge >= 0.3 is 0 Å². The van der Waals surface area contributed by atoms with Gasteiger partial charge in [0, 0.05) is 23.5 Å². The first-order chi connectivity index (χ1) is 16.5. The van der Waals surface area contributed by atoms with E-state index in [1.54, 1.807) is 51.5 Å². The first-order valence-electron chi connectivity index (χ1n) is 11.6. The van der Waals surface area contributed by atoms with E-state index in [9.17, 15) is 14.0 Å². The van der Waals surface area contributed by atoms with E-state index in [0.717, 1.165) is 24.0 Å². The van der Waals surface area contributed by atoms with Gasteiger partial charge in [-0.3, -0.25) is 9.59 Å². The Labute approximate surface area is 203 Å². The molecule has 0 unspecified atom stereocenters. The van der Waals surface area contributed by atoms with Gasteiger partial charge in [-0.2, -0.15) is 0 Å². The quantitative estimate of drug-likeness (QED) is 0.442. The molecule has 4 rings (SSSR count). The van der Waals surface area contributed by atoms with Gasteiger partial charge in [-0.25, -0.2) is 4.39 Å². The number of amides is 2. The minimum atomic E-state index is -0.431. The SMILES string of the molecule is CCCN(CC(=O)N1CCc2sccc2[C@@H]1COc1ccccc1F)C(=O)c1ccc(C)cc1. The van der Waals surface area contributed by atoms with Gasteiger partial charge in [0.15, 0.2) is 11.6 Å². The second kappa shape index (κ2) is 10.8. The van der Waals surface area contributed by atoms with Gasteiger partial charge in [0.05, 0.1) is 6.04 Å². The summed E-state index contributed by atoms with van der Waals surface area (Å²) < 4.78 is 19.9. The molecule has 0 N–H and O–H groups in total. The summed E-state index contributed by atoms with van der Waals surface area (Å²) in [6, 6.07) is 15.4. The maximum atomic E-state index is 14.1. The molecule has 0 radical (unpaired) electrons. The molecule has 1 aliphatic heterocycles. The highest BCUT2D eigenvalue weighted by Crippen LogP contribution is 2.34. The number of aryl methyl sites for hydroxylation is 1. The Bertz CT molecular complexity index is 1140. The van der Waals surface area contributed by atoms with E-state index in [4.69, 9.17) is 4.74 Å². The van der Waals surface area contributed by atoms with Crippen LogP contribution in [0.3, 0.4) is 0 Å². The van der Waals surface area contributed by atoms with Gasteiger partial charge in [0.1, 0.15) is 13.2 Å². The number of carbonyl (C=O) groups excluding carboxylic acids is 2. The zero-order valence-corrected chi connectivity index (χ0v) is 20.3. The van der Waals surface area contributed by atoms with Gasteiger partial charge < -0.3 is 14.5 Å². The highest BCUT2D eigenvalue weighted by Gasteiger charge is 2.33. The summed E-state index contributed by atoms with van der Waals surface area (Å²) in [6.07, 6.45) is 1.51. The second-order valence-electron chi connectivity index (χ2n) is 8.49. The molecule has 0 fully saturated rings. The number of ether oxygens (including phenoxy) is 1. The van der Waals surface area contributed by atoms with E-state index in [1.165, 1.54) is 10.9 Å². The summed E-state index contributed by atoms with van der Waals surface area (Å²) in [5, 5.41) is 2.01. The summed E-state index contributed by atoms with van der Waals surface area (Å²) in [4.78, 5) is 31.3. The maximum absolute atomic E-state index is 14.1. The van der Waals surface area contributed by atoms with Crippen LogP contribution in [0.5, 0.6) is 5.75 Å². The van der Waals surface area contributed by atoms with Crippen molar-refractivity contribution >= 4 is 23.2 Å². The molecule has 34 heavy (non-hydrogen) atoms. The van der Waals surface area contributed by atoms with Crippen LogP contribution >= 0.6 is 11.3 Å². The molecule has 7 heteroatoms. The number of nitrogens with zero attached hydrogens (tertiary/aromatic N) is 2. The van der Waals surface area contributed by atoms with E-state index in [2.05, 4.69) is 0 Å². The minimum Gasteiger partial charge on any atom is -0.488 e. The monoisotopic (exact) mass is 480 g/mol. The van der Waals surface area contributed by atoms with Crippen LogP contribution in [0.15, 0.2) is 60.0 Å². The van der Waals surface area contributed by atoms with Crippen molar-refractivity contribution in [2.45, 2.75) is 32.7 Å². The van der Waals surface area contributed by atoms with Crippen molar-refractivity contribution in [3.05, 3.63) is 87.4 Å². The van der Waals surface area contributed by atoms with Gasteiger partial charge in [0.2, 0.25) is 5.91 Å². The number of rotatable bonds is 8. The van der Waals surface area contributed by atoms with E-state index in [1.807, 2.05) is 37.4 Å². The lowest BCUT2D eigenvalue weighted by atomic mass is 10.00. The van der Waals surface area contributed by atoms with E-state index >= 15 is 0 Å². The summed E-state index contributed by atoms with van der Waals surface area (Å²) in [5.41, 5.74) is 2.69. The molecule has 5 nitrogen and oxygen atoms in total. The third-order valence-corrected chi connectivity index (χ3v) is 7.05. The number of hydrogen-bond acceptors (Lipinski definition) is 4. The first kappa shape index (κ1) is 24.0. The van der Waals surface area contributed by atoms with Crippen LogP contribution in [0, 0.1) is 12.7 Å². The smallest absolute Gasteiger partial charge is 0.254 e. The van der Waals surface area contributed by atoms with Crippen molar-refractivity contribution in [2.24, 2.45) is 0 Å². The number of thiophene rings is 1. The molecule has 178 valence electrons. The van der Waals surface area contributed by atoms with Crippen LogP contribution in [0.4, 0.5) is 4.39 Å². The van der Waals surface area contributed by atoms with E-state index in [0.29, 0.717) is 18.7 Å². The van der Waals surface area contributed by atoms with Crippen LogP contribution in [0.1, 0.15) is 45.7 Å². The number of halogens is 1. The van der Waals surface area contributed by atoms with Crippen molar-refractivity contribution in [2.75, 3.05) is 26.2 Å². The van der Waals surface area contributed by atoms with Crippen molar-refractivity contribution in [1.82, 2.24) is 9.80 Å². The fraction of sp³-hybridized carbons (Fsp3) is 0.333. The second-order valence-corrected chi connectivity index (χ2v) is 9.49. The normalized spacial score (nSPS) is 15.0. The van der Waals surface area contributed by atoms with Crippen LogP contribution in [0.25, 0.3) is 0 Å². The molecule has 2 amide bonds. The lowest BCUT2D eigenvalue weighted by Crippen LogP contribution is -2.48. The van der Waals surface area contributed by atoms with Crippen LogP contribution in [-0.4, -0.2) is 47.9 Å². The average Bonchev–Trinajstić information content (AvgIpc) is 3.32. The Hall–Kier alpha value is -3.19. The Balaban J connectivity index is 1.52. The van der Waals surface area contributed by atoms with E-state index < -0.39 is 5.82 Å². The highest BCUT2D eigenvalue weighted by molar-refractivity contribution is 7.10. The molecule has 2 heterocycles. The highest BCUT2D eigenvalue weighted by atomic mass is 32.1. The minimum absolute atomic E-state index is 0.00375. The fourth-order valence-corrected chi connectivity index (χ4v) is 5.19. The Morgan fingerprint density at radius 1 is 1.15 bits per heavy atom. The molecule has 0 bridgehead atoms. The molecule has 0 saturated heterocycles. The Morgan fingerprint density at radius 2 is 1.91 bits per heavy atom. The zero-order valence-electron chi connectivity index (χ0n) is 19.5. The van der Waals surface area contributed by atoms with Crippen molar-refractivity contribution in [1.29, 1.82) is 0 Å². The molecule has 1 aromatic heterocycles. The Morgan fingerprint density at radius 3 is 2.65 bits per heavy atom. The molecule has 0 spiro atoms. The number of hydrogen-bond donors (Lipinski definition) is 0. The Kier molecular flexibility index (Phi) is 7.63. The van der Waals surface area contributed by atoms with Crippen molar-refractivity contribution < 1.29 is 18.7 Å². The first-order valence-corrected chi connectivity index (χ1v) is 12.4. The summed E-state index contributed by atoms with van der Waals surface area (Å²) in [6.45, 7) is 5.14. The molecular formula is C27H29FN2O3S. The lowest BCUT2D eigenvalue weighted by Gasteiger charge is -2.37. The zero-order chi connectivity index (χ0) is 24.1. The summed E-state index contributed by atoms with van der Waals surface area (Å²) >= 11 is 1.66. The predicted molar refractivity (Wildman–Crippen MR) is 132 cm³/mol.